The Kier molecular flexibility index (Phi) is 4.74. The molecule has 24 heavy (non-hydrogen) atoms. The predicted molar refractivity (Wildman–Crippen MR) is 92.8 cm³/mol. The third kappa shape index (κ3) is 3.37. The van der Waals surface area contributed by atoms with E-state index >= 15 is 0 Å². The molecule has 2 aromatic rings. The van der Waals surface area contributed by atoms with E-state index in [9.17, 15) is 9.59 Å². The second kappa shape index (κ2) is 7.12. The molecule has 6 heteroatoms. The minimum Gasteiger partial charge on any atom is -0.316 e. The molecule has 0 unspecified atom stereocenters. The molecule has 0 bridgehead atoms. The van der Waals surface area contributed by atoms with Crippen LogP contribution in [-0.2, 0) is 4.79 Å². The molecule has 1 atom stereocenters. The molecule has 1 aromatic heterocycles. The summed E-state index contributed by atoms with van der Waals surface area (Å²) in [4.78, 5) is 32.4. The van der Waals surface area contributed by atoms with Gasteiger partial charge in [-0.1, -0.05) is 18.2 Å². The van der Waals surface area contributed by atoms with Gasteiger partial charge in [0, 0.05) is 25.5 Å². The molecule has 3 rings (SSSR count). The first-order valence-corrected chi connectivity index (χ1v) is 7.97. The molecule has 1 fully saturated rings. The molecule has 1 aromatic carbocycles. The van der Waals surface area contributed by atoms with Crippen LogP contribution in [0.1, 0.15) is 12.8 Å². The molecular formula is C18H20N4O2. The van der Waals surface area contributed by atoms with Gasteiger partial charge in [0.25, 0.3) is 0 Å². The van der Waals surface area contributed by atoms with Crippen molar-refractivity contribution in [3.05, 3.63) is 54.9 Å². The van der Waals surface area contributed by atoms with E-state index in [1.54, 1.807) is 36.5 Å². The van der Waals surface area contributed by atoms with Gasteiger partial charge in [-0.3, -0.25) is 9.78 Å². The summed E-state index contributed by atoms with van der Waals surface area (Å²) in [6.45, 7) is 0.678. The number of anilines is 2. The predicted octanol–water partition coefficient (Wildman–Crippen LogP) is 2.74. The van der Waals surface area contributed by atoms with Crippen molar-refractivity contribution >= 4 is 23.3 Å². The monoisotopic (exact) mass is 324 g/mol. The summed E-state index contributed by atoms with van der Waals surface area (Å²) in [6.07, 6.45) is 4.74. The lowest BCUT2D eigenvalue weighted by molar-refractivity contribution is -0.123. The standard InChI is InChI=1S/C18H20N4O2/c1-21(18(24)20-14-7-5-11-19-13-14)16-10-6-12-22(17(16)23)15-8-3-2-4-9-15/h2-5,7-9,11,13,16H,6,10,12H2,1H3,(H,20,24)/t16-/m0/s1. The molecule has 0 saturated carbocycles. The Morgan fingerprint density at radius 1 is 1.25 bits per heavy atom. The minimum atomic E-state index is -0.462. The van der Waals surface area contributed by atoms with Crippen LogP contribution in [0.4, 0.5) is 16.2 Å². The number of likely N-dealkylation sites (N-methyl/N-ethyl adjacent to an activating group) is 1. The van der Waals surface area contributed by atoms with Gasteiger partial charge < -0.3 is 15.1 Å². The Labute approximate surface area is 141 Å². The fourth-order valence-electron chi connectivity index (χ4n) is 2.87. The topological polar surface area (TPSA) is 65.5 Å². The SMILES string of the molecule is CN(C(=O)Nc1cccnc1)[C@H]1CCCN(c2ccccc2)C1=O. The largest absolute Gasteiger partial charge is 0.322 e. The summed E-state index contributed by atoms with van der Waals surface area (Å²) < 4.78 is 0. The van der Waals surface area contributed by atoms with Crippen LogP contribution in [0, 0.1) is 0 Å². The van der Waals surface area contributed by atoms with Gasteiger partial charge in [0.1, 0.15) is 6.04 Å². The second-order valence-corrected chi connectivity index (χ2v) is 5.77. The highest BCUT2D eigenvalue weighted by Crippen LogP contribution is 2.23. The lowest BCUT2D eigenvalue weighted by atomic mass is 10.0. The first-order valence-electron chi connectivity index (χ1n) is 7.97. The van der Waals surface area contributed by atoms with Crippen LogP contribution in [-0.4, -0.2) is 41.5 Å². The molecule has 1 N–H and O–H groups in total. The highest BCUT2D eigenvalue weighted by Gasteiger charge is 2.34. The second-order valence-electron chi connectivity index (χ2n) is 5.77. The third-order valence-corrected chi connectivity index (χ3v) is 4.18. The molecule has 1 aliphatic rings. The van der Waals surface area contributed by atoms with Gasteiger partial charge in [0.15, 0.2) is 0 Å². The maximum absolute atomic E-state index is 12.8. The van der Waals surface area contributed by atoms with E-state index < -0.39 is 6.04 Å². The molecule has 6 nitrogen and oxygen atoms in total. The van der Waals surface area contributed by atoms with E-state index in [4.69, 9.17) is 0 Å². The molecule has 1 aliphatic heterocycles. The highest BCUT2D eigenvalue weighted by molar-refractivity contribution is 6.01. The Morgan fingerprint density at radius 2 is 2.04 bits per heavy atom. The highest BCUT2D eigenvalue weighted by atomic mass is 16.2. The molecule has 2 heterocycles. The zero-order chi connectivity index (χ0) is 16.9. The first-order chi connectivity index (χ1) is 11.7. The van der Waals surface area contributed by atoms with Crippen LogP contribution in [0.5, 0.6) is 0 Å². The van der Waals surface area contributed by atoms with Crippen molar-refractivity contribution in [3.8, 4) is 0 Å². The lowest BCUT2D eigenvalue weighted by Gasteiger charge is -2.36. The number of benzene rings is 1. The number of nitrogens with one attached hydrogen (secondary N) is 1. The summed E-state index contributed by atoms with van der Waals surface area (Å²) in [5, 5.41) is 2.77. The van der Waals surface area contributed by atoms with Crippen molar-refractivity contribution in [1.82, 2.24) is 9.88 Å². The van der Waals surface area contributed by atoms with Crippen molar-refractivity contribution in [1.29, 1.82) is 0 Å². The van der Waals surface area contributed by atoms with Gasteiger partial charge in [-0.25, -0.2) is 4.79 Å². The number of piperidine rings is 1. The number of amides is 3. The van der Waals surface area contributed by atoms with Crippen molar-refractivity contribution in [3.63, 3.8) is 0 Å². The van der Waals surface area contributed by atoms with Crippen LogP contribution in [0.25, 0.3) is 0 Å². The van der Waals surface area contributed by atoms with Gasteiger partial charge in [0.05, 0.1) is 11.9 Å². The van der Waals surface area contributed by atoms with E-state index in [1.807, 2.05) is 30.3 Å². The van der Waals surface area contributed by atoms with Gasteiger partial charge in [-0.05, 0) is 37.1 Å². The van der Waals surface area contributed by atoms with E-state index in [-0.39, 0.29) is 11.9 Å². The van der Waals surface area contributed by atoms with Gasteiger partial charge in [-0.15, -0.1) is 0 Å². The van der Waals surface area contributed by atoms with E-state index in [0.717, 1.165) is 12.1 Å². The Balaban J connectivity index is 1.71. The van der Waals surface area contributed by atoms with Crippen molar-refractivity contribution in [2.24, 2.45) is 0 Å². The molecule has 1 saturated heterocycles. The summed E-state index contributed by atoms with van der Waals surface area (Å²) in [6, 6.07) is 12.3. The smallest absolute Gasteiger partial charge is 0.316 e. The summed E-state index contributed by atoms with van der Waals surface area (Å²) in [5.74, 6) is -0.0451. The number of hydrogen-bond acceptors (Lipinski definition) is 3. The molecule has 0 spiro atoms. The zero-order valence-electron chi connectivity index (χ0n) is 13.6. The average Bonchev–Trinajstić information content (AvgIpc) is 2.63. The molecule has 0 aliphatic carbocycles. The van der Waals surface area contributed by atoms with Crippen LogP contribution < -0.4 is 10.2 Å². The fraction of sp³-hybridized carbons (Fsp3) is 0.278. The number of carbonyl (C=O) groups is 2. The Hall–Kier alpha value is -2.89. The lowest BCUT2D eigenvalue weighted by Crippen LogP contribution is -2.53. The number of aromatic nitrogens is 1. The minimum absolute atomic E-state index is 0.0451. The number of carbonyl (C=O) groups excluding carboxylic acids is 2. The summed E-state index contributed by atoms with van der Waals surface area (Å²) >= 11 is 0. The average molecular weight is 324 g/mol. The van der Waals surface area contributed by atoms with Crippen molar-refractivity contribution < 1.29 is 9.59 Å². The number of hydrogen-bond donors (Lipinski definition) is 1. The van der Waals surface area contributed by atoms with Crippen LogP contribution >= 0.6 is 0 Å². The summed E-state index contributed by atoms with van der Waals surface area (Å²) in [5.41, 5.74) is 1.48. The number of urea groups is 1. The third-order valence-electron chi connectivity index (χ3n) is 4.18. The van der Waals surface area contributed by atoms with E-state index in [1.165, 1.54) is 4.90 Å². The van der Waals surface area contributed by atoms with Gasteiger partial charge >= 0.3 is 6.03 Å². The number of rotatable bonds is 3. The van der Waals surface area contributed by atoms with E-state index in [2.05, 4.69) is 10.3 Å². The van der Waals surface area contributed by atoms with E-state index in [0.29, 0.717) is 18.7 Å². The van der Waals surface area contributed by atoms with Gasteiger partial charge in [-0.2, -0.15) is 0 Å². The van der Waals surface area contributed by atoms with Crippen LogP contribution in [0.15, 0.2) is 54.9 Å². The number of nitrogens with zero attached hydrogens (tertiary/aromatic N) is 3. The fourth-order valence-corrected chi connectivity index (χ4v) is 2.87. The quantitative estimate of drug-likeness (QED) is 0.944. The van der Waals surface area contributed by atoms with Crippen LogP contribution in [0.2, 0.25) is 0 Å². The number of para-hydroxylation sites is 1. The Morgan fingerprint density at radius 3 is 2.75 bits per heavy atom. The normalized spacial score (nSPS) is 17.5. The van der Waals surface area contributed by atoms with Crippen molar-refractivity contribution in [2.45, 2.75) is 18.9 Å². The molecule has 3 amide bonds. The molecule has 0 radical (unpaired) electrons. The molecule has 124 valence electrons. The zero-order valence-corrected chi connectivity index (χ0v) is 13.6. The maximum atomic E-state index is 12.8. The van der Waals surface area contributed by atoms with Crippen LogP contribution in [0.3, 0.4) is 0 Å². The number of pyridine rings is 1. The Bertz CT molecular complexity index is 705. The summed E-state index contributed by atoms with van der Waals surface area (Å²) in [7, 11) is 1.66. The molecular weight excluding hydrogens is 304 g/mol. The van der Waals surface area contributed by atoms with Gasteiger partial charge in [0.2, 0.25) is 5.91 Å². The first kappa shape index (κ1) is 16.0. The maximum Gasteiger partial charge on any atom is 0.322 e. The van der Waals surface area contributed by atoms with Crippen molar-refractivity contribution in [2.75, 3.05) is 23.8 Å².